The van der Waals surface area contributed by atoms with Crippen LogP contribution in [-0.4, -0.2) is 61.6 Å². The lowest BCUT2D eigenvalue weighted by atomic mass is 9.73. The fraction of sp³-hybridized carbons (Fsp3) is 0.619. The van der Waals surface area contributed by atoms with E-state index in [9.17, 15) is 9.59 Å². The van der Waals surface area contributed by atoms with Crippen molar-refractivity contribution in [3.63, 3.8) is 0 Å². The fourth-order valence-corrected chi connectivity index (χ4v) is 4.95. The van der Waals surface area contributed by atoms with Crippen LogP contribution < -0.4 is 5.32 Å². The summed E-state index contributed by atoms with van der Waals surface area (Å²) in [5.74, 6) is 0.0181. The first-order valence-corrected chi connectivity index (χ1v) is 9.98. The average molecular weight is 371 g/mol. The number of hydrogen-bond donors (Lipinski definition) is 1. The second kappa shape index (κ2) is 7.15. The van der Waals surface area contributed by atoms with Crippen molar-refractivity contribution < 1.29 is 14.3 Å². The molecule has 6 nitrogen and oxygen atoms in total. The molecule has 2 saturated heterocycles. The number of carbonyl (C=O) groups is 2. The molecule has 1 aromatic rings. The van der Waals surface area contributed by atoms with Gasteiger partial charge in [-0.3, -0.25) is 4.79 Å². The SMILES string of the molecule is CN(C)C(=O)N1CCC2(CC1)CC(NC(=O)[C@H]1CCCO1)c1ccccc12. The van der Waals surface area contributed by atoms with Gasteiger partial charge in [0.1, 0.15) is 6.10 Å². The smallest absolute Gasteiger partial charge is 0.319 e. The Morgan fingerprint density at radius 2 is 1.96 bits per heavy atom. The summed E-state index contributed by atoms with van der Waals surface area (Å²) < 4.78 is 5.55. The van der Waals surface area contributed by atoms with Crippen molar-refractivity contribution in [2.75, 3.05) is 33.8 Å². The summed E-state index contributed by atoms with van der Waals surface area (Å²) >= 11 is 0. The molecule has 2 fully saturated rings. The van der Waals surface area contributed by atoms with Crippen LogP contribution in [0.1, 0.15) is 49.3 Å². The molecule has 2 atom stereocenters. The number of hydrogen-bond acceptors (Lipinski definition) is 3. The van der Waals surface area contributed by atoms with E-state index in [2.05, 4.69) is 23.5 Å². The zero-order valence-electron chi connectivity index (χ0n) is 16.2. The molecule has 6 heteroatoms. The number of benzene rings is 1. The van der Waals surface area contributed by atoms with Gasteiger partial charge in [-0.25, -0.2) is 4.79 Å². The number of nitrogens with zero attached hydrogens (tertiary/aromatic N) is 2. The van der Waals surface area contributed by atoms with Gasteiger partial charge in [-0.15, -0.1) is 0 Å². The number of carbonyl (C=O) groups excluding carboxylic acids is 2. The molecule has 0 aromatic heterocycles. The number of fused-ring (bicyclic) bond motifs is 2. The highest BCUT2D eigenvalue weighted by Gasteiger charge is 2.46. The van der Waals surface area contributed by atoms with Crippen molar-refractivity contribution in [2.24, 2.45) is 0 Å². The number of urea groups is 1. The Morgan fingerprint density at radius 3 is 2.63 bits per heavy atom. The molecule has 4 rings (SSSR count). The van der Waals surface area contributed by atoms with Crippen molar-refractivity contribution >= 4 is 11.9 Å². The summed E-state index contributed by atoms with van der Waals surface area (Å²) in [6.07, 6.45) is 4.26. The second-order valence-corrected chi connectivity index (χ2v) is 8.30. The van der Waals surface area contributed by atoms with Gasteiger partial charge in [0.05, 0.1) is 6.04 Å². The van der Waals surface area contributed by atoms with Crippen LogP contribution in [0.5, 0.6) is 0 Å². The van der Waals surface area contributed by atoms with Crippen LogP contribution in [0.15, 0.2) is 24.3 Å². The summed E-state index contributed by atoms with van der Waals surface area (Å²) in [7, 11) is 3.60. The predicted octanol–water partition coefficient (Wildman–Crippen LogP) is 2.44. The first kappa shape index (κ1) is 18.3. The minimum absolute atomic E-state index is 0.0181. The zero-order chi connectivity index (χ0) is 19.0. The van der Waals surface area contributed by atoms with Crippen molar-refractivity contribution in [1.29, 1.82) is 0 Å². The lowest BCUT2D eigenvalue weighted by Gasteiger charge is -2.41. The largest absolute Gasteiger partial charge is 0.368 e. The molecule has 3 amide bonds. The minimum Gasteiger partial charge on any atom is -0.368 e. The van der Waals surface area contributed by atoms with Crippen molar-refractivity contribution in [2.45, 2.75) is 49.7 Å². The molecule has 0 saturated carbocycles. The van der Waals surface area contributed by atoms with Crippen molar-refractivity contribution in [3.8, 4) is 0 Å². The van der Waals surface area contributed by atoms with E-state index in [0.717, 1.165) is 45.2 Å². The highest BCUT2D eigenvalue weighted by Crippen LogP contribution is 2.50. The Balaban J connectivity index is 1.50. The van der Waals surface area contributed by atoms with Gasteiger partial charge in [0.25, 0.3) is 0 Å². The molecule has 3 aliphatic rings. The monoisotopic (exact) mass is 371 g/mol. The number of ether oxygens (including phenoxy) is 1. The van der Waals surface area contributed by atoms with Crippen molar-refractivity contribution in [3.05, 3.63) is 35.4 Å². The molecule has 1 spiro atoms. The molecule has 0 bridgehead atoms. The van der Waals surface area contributed by atoms with Gasteiger partial charge in [0.2, 0.25) is 5.91 Å². The van der Waals surface area contributed by atoms with Gasteiger partial charge < -0.3 is 19.9 Å². The van der Waals surface area contributed by atoms with Crippen LogP contribution in [0.3, 0.4) is 0 Å². The summed E-state index contributed by atoms with van der Waals surface area (Å²) in [6.45, 7) is 2.20. The number of nitrogens with one attached hydrogen (secondary N) is 1. The number of piperidine rings is 1. The molecule has 1 aliphatic carbocycles. The minimum atomic E-state index is -0.298. The number of amides is 3. The van der Waals surface area contributed by atoms with E-state index in [1.54, 1.807) is 19.0 Å². The average Bonchev–Trinajstić information content (AvgIpc) is 3.30. The molecule has 146 valence electrons. The highest BCUT2D eigenvalue weighted by atomic mass is 16.5. The van der Waals surface area contributed by atoms with E-state index < -0.39 is 0 Å². The molecule has 1 unspecified atom stereocenters. The fourth-order valence-electron chi connectivity index (χ4n) is 4.95. The van der Waals surface area contributed by atoms with Crippen molar-refractivity contribution in [1.82, 2.24) is 15.1 Å². The number of likely N-dealkylation sites (tertiary alicyclic amines) is 1. The van der Waals surface area contributed by atoms with Crippen LogP contribution in [0.25, 0.3) is 0 Å². The third kappa shape index (κ3) is 3.31. The standard InChI is InChI=1S/C21H29N3O3/c1-23(2)20(26)24-11-9-21(10-12-24)14-17(15-6-3-4-7-16(15)21)22-19(25)18-8-5-13-27-18/h3-4,6-7,17-18H,5,8-14H2,1-2H3,(H,22,25)/t17?,18-/m1/s1. The molecule has 1 N–H and O–H groups in total. The summed E-state index contributed by atoms with van der Waals surface area (Å²) in [5.41, 5.74) is 2.63. The molecule has 2 aliphatic heterocycles. The predicted molar refractivity (Wildman–Crippen MR) is 102 cm³/mol. The van der Waals surface area contributed by atoms with Crippen LogP contribution in [0.4, 0.5) is 4.79 Å². The highest BCUT2D eigenvalue weighted by molar-refractivity contribution is 5.81. The maximum Gasteiger partial charge on any atom is 0.319 e. The third-order valence-corrected chi connectivity index (χ3v) is 6.41. The Bertz CT molecular complexity index is 719. The van der Waals surface area contributed by atoms with Crippen LogP contribution in [-0.2, 0) is 14.9 Å². The van der Waals surface area contributed by atoms with Gasteiger partial charge >= 0.3 is 6.03 Å². The number of rotatable bonds is 2. The molecule has 0 radical (unpaired) electrons. The first-order valence-electron chi connectivity index (χ1n) is 9.98. The third-order valence-electron chi connectivity index (χ3n) is 6.41. The van der Waals surface area contributed by atoms with Gasteiger partial charge in [-0.1, -0.05) is 24.3 Å². The molecular formula is C21H29N3O3. The van der Waals surface area contributed by atoms with Gasteiger partial charge in [-0.2, -0.15) is 0 Å². The normalized spacial score (nSPS) is 26.1. The molecule has 1 aromatic carbocycles. The molecular weight excluding hydrogens is 342 g/mol. The molecule has 2 heterocycles. The summed E-state index contributed by atoms with van der Waals surface area (Å²) in [6, 6.07) is 8.60. The van der Waals surface area contributed by atoms with Gasteiger partial charge in [0, 0.05) is 39.2 Å². The van der Waals surface area contributed by atoms with Crippen LogP contribution >= 0.6 is 0 Å². The Hall–Kier alpha value is -2.08. The van der Waals surface area contributed by atoms with Gasteiger partial charge in [0.15, 0.2) is 0 Å². The summed E-state index contributed by atoms with van der Waals surface area (Å²) in [4.78, 5) is 28.5. The maximum atomic E-state index is 12.6. The van der Waals surface area contributed by atoms with E-state index in [1.807, 2.05) is 11.0 Å². The van der Waals surface area contributed by atoms with Crippen LogP contribution in [0, 0.1) is 0 Å². The lowest BCUT2D eigenvalue weighted by molar-refractivity contribution is -0.130. The van der Waals surface area contributed by atoms with Crippen LogP contribution in [0.2, 0.25) is 0 Å². The van der Waals surface area contributed by atoms with Gasteiger partial charge in [-0.05, 0) is 43.2 Å². The van der Waals surface area contributed by atoms with E-state index in [0.29, 0.717) is 6.61 Å². The lowest BCUT2D eigenvalue weighted by Crippen LogP contribution is -2.48. The van der Waals surface area contributed by atoms with E-state index in [-0.39, 0.29) is 29.5 Å². The molecule has 27 heavy (non-hydrogen) atoms. The Morgan fingerprint density at radius 1 is 1.22 bits per heavy atom. The maximum absolute atomic E-state index is 12.6. The topological polar surface area (TPSA) is 61.9 Å². The zero-order valence-corrected chi connectivity index (χ0v) is 16.2. The van der Waals surface area contributed by atoms with E-state index in [1.165, 1.54) is 11.1 Å². The van der Waals surface area contributed by atoms with E-state index >= 15 is 0 Å². The van der Waals surface area contributed by atoms with E-state index in [4.69, 9.17) is 4.74 Å². The Labute approximate surface area is 160 Å². The first-order chi connectivity index (χ1) is 13.0. The summed E-state index contributed by atoms with van der Waals surface area (Å²) in [5, 5.41) is 3.25. The second-order valence-electron chi connectivity index (χ2n) is 8.30. The Kier molecular flexibility index (Phi) is 4.84. The quantitative estimate of drug-likeness (QED) is 0.869.